The van der Waals surface area contributed by atoms with E-state index >= 15 is 0 Å². The predicted octanol–water partition coefficient (Wildman–Crippen LogP) is 5.15. The molecule has 24 heavy (non-hydrogen) atoms. The number of phenolic OH excluding ortho intramolecular Hbond substituents is 1. The molecule has 1 N–H and O–H groups in total. The van der Waals surface area contributed by atoms with Crippen molar-refractivity contribution in [3.63, 3.8) is 0 Å². The van der Waals surface area contributed by atoms with Crippen LogP contribution in [0.3, 0.4) is 0 Å². The van der Waals surface area contributed by atoms with Crippen LogP contribution >= 0.6 is 35.1 Å². The Bertz CT molecular complexity index is 738. The van der Waals surface area contributed by atoms with E-state index in [0.29, 0.717) is 40.8 Å². The highest BCUT2D eigenvalue weighted by Gasteiger charge is 2.05. The Balaban J connectivity index is 1.69. The summed E-state index contributed by atoms with van der Waals surface area (Å²) in [5.74, 6) is 0.668. The lowest BCUT2D eigenvalue weighted by Gasteiger charge is -2.07. The fourth-order valence-corrected chi connectivity index (χ4v) is 2.76. The largest absolute Gasteiger partial charge is 0.507 e. The van der Waals surface area contributed by atoms with Crippen molar-refractivity contribution in [2.75, 3.05) is 6.61 Å². The molecule has 0 saturated heterocycles. The van der Waals surface area contributed by atoms with Crippen molar-refractivity contribution in [2.24, 2.45) is 4.40 Å². The minimum absolute atomic E-state index is 0.0764. The third-order valence-corrected chi connectivity index (χ3v) is 4.11. The van der Waals surface area contributed by atoms with Crippen molar-refractivity contribution in [1.82, 2.24) is 0 Å². The molecule has 2 rings (SSSR count). The Hall–Kier alpha value is -1.69. The molecule has 0 spiro atoms. The van der Waals surface area contributed by atoms with Crippen LogP contribution in [-0.2, 0) is 4.79 Å². The highest BCUT2D eigenvalue weighted by Crippen LogP contribution is 2.27. The normalized spacial score (nSPS) is 10.9. The summed E-state index contributed by atoms with van der Waals surface area (Å²) in [5, 5.41) is 10.5. The zero-order chi connectivity index (χ0) is 17.4. The van der Waals surface area contributed by atoms with Crippen LogP contribution in [0.4, 0.5) is 0 Å². The van der Waals surface area contributed by atoms with Crippen LogP contribution in [0.15, 0.2) is 46.9 Å². The van der Waals surface area contributed by atoms with E-state index in [1.165, 1.54) is 6.21 Å². The van der Waals surface area contributed by atoms with E-state index in [2.05, 4.69) is 4.40 Å². The second kappa shape index (κ2) is 9.57. The molecule has 2 aromatic carbocycles. The molecule has 0 aliphatic rings. The summed E-state index contributed by atoms with van der Waals surface area (Å²) in [6, 6.07) is 11.8. The molecule has 0 heterocycles. The van der Waals surface area contributed by atoms with Crippen molar-refractivity contribution in [3.05, 3.63) is 58.1 Å². The van der Waals surface area contributed by atoms with Gasteiger partial charge in [0.15, 0.2) is 0 Å². The fraction of sp³-hybridized carbons (Fsp3) is 0.176. The standard InChI is InChI=1S/C17H15Cl2NO3S/c18-13-7-8-16(14(19)10-13)23-9-3-6-17(22)24-20-11-12-4-1-2-5-15(12)21/h1-2,4-5,7-8,10-11,21H,3,6,9H2/b20-11+. The second-order valence-corrected chi connectivity index (χ2v) is 6.48. The molecule has 0 fully saturated rings. The topological polar surface area (TPSA) is 58.9 Å². The van der Waals surface area contributed by atoms with Gasteiger partial charge in [-0.25, -0.2) is 4.40 Å². The molecule has 4 nitrogen and oxygen atoms in total. The number of rotatable bonds is 7. The highest BCUT2D eigenvalue weighted by molar-refractivity contribution is 8.12. The predicted molar refractivity (Wildman–Crippen MR) is 99.5 cm³/mol. The second-order valence-electron chi connectivity index (χ2n) is 4.78. The first-order valence-electron chi connectivity index (χ1n) is 7.15. The molecule has 0 aliphatic heterocycles. The lowest BCUT2D eigenvalue weighted by Crippen LogP contribution is -2.00. The molecule has 126 valence electrons. The highest BCUT2D eigenvalue weighted by atomic mass is 35.5. The first kappa shape index (κ1) is 18.6. The maximum absolute atomic E-state index is 11.7. The molecule has 7 heteroatoms. The van der Waals surface area contributed by atoms with E-state index in [-0.39, 0.29) is 10.9 Å². The Labute approximate surface area is 154 Å². The van der Waals surface area contributed by atoms with Crippen molar-refractivity contribution < 1.29 is 14.6 Å². The van der Waals surface area contributed by atoms with E-state index in [0.717, 1.165) is 11.9 Å². The third-order valence-electron chi connectivity index (χ3n) is 2.96. The summed E-state index contributed by atoms with van der Waals surface area (Å²) in [4.78, 5) is 11.7. The van der Waals surface area contributed by atoms with Gasteiger partial charge >= 0.3 is 0 Å². The van der Waals surface area contributed by atoms with E-state index in [1.54, 1.807) is 42.5 Å². The first-order chi connectivity index (χ1) is 11.6. The van der Waals surface area contributed by atoms with Gasteiger partial charge in [-0.3, -0.25) is 4.79 Å². The number of ether oxygens (including phenoxy) is 1. The van der Waals surface area contributed by atoms with Gasteiger partial charge in [0, 0.05) is 35.2 Å². The number of benzene rings is 2. The van der Waals surface area contributed by atoms with E-state index in [9.17, 15) is 9.90 Å². The summed E-state index contributed by atoms with van der Waals surface area (Å²) in [5.41, 5.74) is 0.568. The molecule has 2 aromatic rings. The van der Waals surface area contributed by atoms with Crippen molar-refractivity contribution in [1.29, 1.82) is 0 Å². The zero-order valence-corrected chi connectivity index (χ0v) is 14.9. The van der Waals surface area contributed by atoms with Gasteiger partial charge in [0.05, 0.1) is 11.6 Å². The average Bonchev–Trinajstić information content (AvgIpc) is 2.55. The fourth-order valence-electron chi connectivity index (χ4n) is 1.78. The quantitative estimate of drug-likeness (QED) is 0.407. The van der Waals surface area contributed by atoms with E-state index in [4.69, 9.17) is 27.9 Å². The van der Waals surface area contributed by atoms with Crippen LogP contribution in [-0.4, -0.2) is 23.0 Å². The van der Waals surface area contributed by atoms with Gasteiger partial charge in [0.2, 0.25) is 5.12 Å². The number of hydrogen-bond donors (Lipinski definition) is 1. The van der Waals surface area contributed by atoms with Crippen LogP contribution in [0.2, 0.25) is 10.0 Å². The molecule has 0 radical (unpaired) electrons. The van der Waals surface area contributed by atoms with Crippen LogP contribution in [0, 0.1) is 0 Å². The SMILES string of the molecule is O=C(CCCOc1ccc(Cl)cc1Cl)S/N=C/c1ccccc1O. The smallest absolute Gasteiger partial charge is 0.211 e. The zero-order valence-electron chi connectivity index (χ0n) is 12.6. The number of aromatic hydroxyl groups is 1. The minimum atomic E-state index is -0.0764. The number of carbonyl (C=O) groups is 1. The average molecular weight is 384 g/mol. The molecule has 0 aliphatic carbocycles. The Morgan fingerprint density at radius 3 is 2.79 bits per heavy atom. The van der Waals surface area contributed by atoms with Crippen LogP contribution < -0.4 is 4.74 Å². The number of hydrogen-bond acceptors (Lipinski definition) is 5. The monoisotopic (exact) mass is 383 g/mol. The van der Waals surface area contributed by atoms with Gasteiger partial charge in [-0.2, -0.15) is 0 Å². The number of carbonyl (C=O) groups excluding carboxylic acids is 1. The van der Waals surface area contributed by atoms with Crippen LogP contribution in [0.25, 0.3) is 0 Å². The number of phenols is 1. The summed E-state index contributed by atoms with van der Waals surface area (Å²) in [6.45, 7) is 0.372. The van der Waals surface area contributed by atoms with Crippen molar-refractivity contribution >= 4 is 46.5 Å². The number of nitrogens with zero attached hydrogens (tertiary/aromatic N) is 1. The molecule has 0 unspecified atom stereocenters. The lowest BCUT2D eigenvalue weighted by atomic mass is 10.2. The van der Waals surface area contributed by atoms with Crippen molar-refractivity contribution in [2.45, 2.75) is 12.8 Å². The van der Waals surface area contributed by atoms with Crippen molar-refractivity contribution in [3.8, 4) is 11.5 Å². The van der Waals surface area contributed by atoms with Gasteiger partial charge in [-0.1, -0.05) is 35.3 Å². The van der Waals surface area contributed by atoms with Gasteiger partial charge in [0.1, 0.15) is 11.5 Å². The van der Waals surface area contributed by atoms with Gasteiger partial charge < -0.3 is 9.84 Å². The maximum Gasteiger partial charge on any atom is 0.211 e. The molecule has 0 amide bonds. The van der Waals surface area contributed by atoms with E-state index < -0.39 is 0 Å². The molecule has 0 atom stereocenters. The first-order valence-corrected chi connectivity index (χ1v) is 8.68. The van der Waals surface area contributed by atoms with Gasteiger partial charge in [-0.15, -0.1) is 0 Å². The van der Waals surface area contributed by atoms with E-state index in [1.807, 2.05) is 0 Å². The third kappa shape index (κ3) is 6.07. The summed E-state index contributed by atoms with van der Waals surface area (Å²) in [6.07, 6.45) is 2.34. The Kier molecular flexibility index (Phi) is 7.43. The lowest BCUT2D eigenvalue weighted by molar-refractivity contribution is -0.111. The summed E-state index contributed by atoms with van der Waals surface area (Å²) in [7, 11) is 0. The number of para-hydroxylation sites is 1. The molecular formula is C17H15Cl2NO3S. The number of halogens is 2. The summed E-state index contributed by atoms with van der Waals surface area (Å²) >= 11 is 12.6. The summed E-state index contributed by atoms with van der Waals surface area (Å²) < 4.78 is 9.48. The maximum atomic E-state index is 11.7. The Morgan fingerprint density at radius 1 is 1.25 bits per heavy atom. The molecule has 0 saturated carbocycles. The van der Waals surface area contributed by atoms with Crippen LogP contribution in [0.5, 0.6) is 11.5 Å². The Morgan fingerprint density at radius 2 is 2.04 bits per heavy atom. The minimum Gasteiger partial charge on any atom is -0.507 e. The van der Waals surface area contributed by atoms with Gasteiger partial charge in [-0.05, 0) is 36.8 Å². The molecule has 0 aromatic heterocycles. The molecule has 0 bridgehead atoms. The van der Waals surface area contributed by atoms with Crippen LogP contribution in [0.1, 0.15) is 18.4 Å². The molecular weight excluding hydrogens is 369 g/mol. The van der Waals surface area contributed by atoms with Gasteiger partial charge in [0.25, 0.3) is 0 Å².